The molecule has 0 saturated carbocycles. The molecule has 1 aliphatic heterocycles. The number of thioether (sulfide) groups is 1. The van der Waals surface area contributed by atoms with E-state index in [1.54, 1.807) is 0 Å². The molecule has 0 aromatic carbocycles. The zero-order valence-corrected chi connectivity index (χ0v) is 11.1. The van der Waals surface area contributed by atoms with Gasteiger partial charge in [0.25, 0.3) is 5.56 Å². The predicted molar refractivity (Wildman–Crippen MR) is 72.0 cm³/mol. The van der Waals surface area contributed by atoms with Gasteiger partial charge in [-0.25, -0.2) is 9.59 Å². The van der Waals surface area contributed by atoms with Crippen molar-refractivity contribution in [1.82, 2.24) is 14.5 Å². The van der Waals surface area contributed by atoms with Crippen LogP contribution in [-0.2, 0) is 6.54 Å². The van der Waals surface area contributed by atoms with Crippen LogP contribution in [0.2, 0.25) is 0 Å². The lowest BCUT2D eigenvalue weighted by atomic mass is 10.3. The summed E-state index contributed by atoms with van der Waals surface area (Å²) >= 11 is 1.90. The Kier molecular flexibility index (Phi) is 4.43. The maximum Gasteiger partial charge on any atom is 0.342 e. The van der Waals surface area contributed by atoms with Crippen molar-refractivity contribution in [3.8, 4) is 0 Å². The maximum absolute atomic E-state index is 11.6. The Balaban J connectivity index is 2.11. The molecular formula is C11H15N3O4S. The number of hydrogen-bond acceptors (Lipinski definition) is 5. The summed E-state index contributed by atoms with van der Waals surface area (Å²) in [7, 11) is 0. The molecule has 104 valence electrons. The van der Waals surface area contributed by atoms with Crippen LogP contribution in [-0.4, -0.2) is 56.7 Å². The monoisotopic (exact) mass is 285 g/mol. The van der Waals surface area contributed by atoms with Gasteiger partial charge in [0.05, 0.1) is 0 Å². The second-order valence-corrected chi connectivity index (χ2v) is 5.48. The van der Waals surface area contributed by atoms with E-state index in [0.29, 0.717) is 13.1 Å². The van der Waals surface area contributed by atoms with E-state index in [4.69, 9.17) is 5.11 Å². The van der Waals surface area contributed by atoms with Crippen LogP contribution in [0.15, 0.2) is 15.8 Å². The molecule has 0 aliphatic carbocycles. The van der Waals surface area contributed by atoms with Gasteiger partial charge >= 0.3 is 11.7 Å². The number of aromatic nitrogens is 2. The Morgan fingerprint density at radius 2 is 2.00 bits per heavy atom. The molecule has 0 bridgehead atoms. The van der Waals surface area contributed by atoms with Crippen LogP contribution < -0.4 is 11.2 Å². The van der Waals surface area contributed by atoms with Gasteiger partial charge < -0.3 is 5.11 Å². The standard InChI is InChI=1S/C11H15N3O4S/c15-9-8(10(16)17)7-14(11(18)12-9)2-1-13-3-5-19-6-4-13/h7H,1-6H2,(H,16,17)(H,12,15,18). The zero-order valence-electron chi connectivity index (χ0n) is 10.3. The number of nitrogens with zero attached hydrogens (tertiary/aromatic N) is 2. The Morgan fingerprint density at radius 1 is 1.32 bits per heavy atom. The van der Waals surface area contributed by atoms with Gasteiger partial charge in [-0.15, -0.1) is 0 Å². The van der Waals surface area contributed by atoms with Crippen molar-refractivity contribution in [2.45, 2.75) is 6.54 Å². The van der Waals surface area contributed by atoms with E-state index in [1.807, 2.05) is 16.7 Å². The Bertz CT molecular complexity index is 574. The van der Waals surface area contributed by atoms with E-state index >= 15 is 0 Å². The van der Waals surface area contributed by atoms with Gasteiger partial charge in [0, 0.05) is 43.9 Å². The lowest BCUT2D eigenvalue weighted by Crippen LogP contribution is -2.39. The predicted octanol–water partition coefficient (Wildman–Crippen LogP) is -0.716. The van der Waals surface area contributed by atoms with Gasteiger partial charge in [0.2, 0.25) is 0 Å². The van der Waals surface area contributed by atoms with Gasteiger partial charge in [-0.2, -0.15) is 11.8 Å². The number of aromatic amines is 1. The van der Waals surface area contributed by atoms with E-state index in [0.717, 1.165) is 30.8 Å². The van der Waals surface area contributed by atoms with Crippen molar-refractivity contribution in [2.24, 2.45) is 0 Å². The van der Waals surface area contributed by atoms with Crippen molar-refractivity contribution in [3.63, 3.8) is 0 Å². The highest BCUT2D eigenvalue weighted by Crippen LogP contribution is 2.08. The second kappa shape index (κ2) is 6.07. The molecule has 1 fully saturated rings. The van der Waals surface area contributed by atoms with Crippen molar-refractivity contribution in [3.05, 3.63) is 32.6 Å². The van der Waals surface area contributed by atoms with Gasteiger partial charge in [-0.1, -0.05) is 0 Å². The van der Waals surface area contributed by atoms with E-state index < -0.39 is 22.8 Å². The summed E-state index contributed by atoms with van der Waals surface area (Å²) in [6, 6.07) is 0. The highest BCUT2D eigenvalue weighted by Gasteiger charge is 2.13. The molecule has 7 nitrogen and oxygen atoms in total. The first-order valence-electron chi connectivity index (χ1n) is 5.95. The lowest BCUT2D eigenvalue weighted by Gasteiger charge is -2.26. The molecular weight excluding hydrogens is 270 g/mol. The van der Waals surface area contributed by atoms with Crippen molar-refractivity contribution >= 4 is 17.7 Å². The third-order valence-electron chi connectivity index (χ3n) is 3.00. The normalized spacial score (nSPS) is 16.4. The quantitative estimate of drug-likeness (QED) is 0.758. The minimum Gasteiger partial charge on any atom is -0.477 e. The molecule has 1 aliphatic rings. The highest BCUT2D eigenvalue weighted by molar-refractivity contribution is 7.99. The summed E-state index contributed by atoms with van der Waals surface area (Å²) in [6.07, 6.45) is 1.11. The number of hydrogen-bond donors (Lipinski definition) is 2. The van der Waals surface area contributed by atoms with E-state index in [9.17, 15) is 14.4 Å². The van der Waals surface area contributed by atoms with Crippen LogP contribution >= 0.6 is 11.8 Å². The number of carbonyl (C=O) groups is 1. The molecule has 0 atom stereocenters. The number of aromatic carboxylic acids is 1. The topological polar surface area (TPSA) is 95.4 Å². The molecule has 2 rings (SSSR count). The fourth-order valence-corrected chi connectivity index (χ4v) is 2.88. The maximum atomic E-state index is 11.6. The number of rotatable bonds is 4. The fourth-order valence-electron chi connectivity index (χ4n) is 1.90. The minimum absolute atomic E-state index is 0.376. The first kappa shape index (κ1) is 13.9. The zero-order chi connectivity index (χ0) is 13.8. The smallest absolute Gasteiger partial charge is 0.342 e. The summed E-state index contributed by atoms with van der Waals surface area (Å²) in [5.74, 6) is 0.811. The highest BCUT2D eigenvalue weighted by atomic mass is 32.2. The van der Waals surface area contributed by atoms with E-state index in [1.165, 1.54) is 4.57 Å². The number of H-pyrrole nitrogens is 1. The van der Waals surface area contributed by atoms with Crippen molar-refractivity contribution in [2.75, 3.05) is 31.1 Å². The molecule has 0 amide bonds. The molecule has 1 aromatic heterocycles. The van der Waals surface area contributed by atoms with Crippen LogP contribution in [0, 0.1) is 0 Å². The number of carboxylic acids is 1. The molecule has 0 spiro atoms. The average molecular weight is 285 g/mol. The molecule has 1 aromatic rings. The molecule has 0 radical (unpaired) electrons. The van der Waals surface area contributed by atoms with Crippen LogP contribution in [0.1, 0.15) is 10.4 Å². The van der Waals surface area contributed by atoms with E-state index in [-0.39, 0.29) is 0 Å². The Morgan fingerprint density at radius 3 is 2.63 bits per heavy atom. The van der Waals surface area contributed by atoms with Gasteiger partial charge in [0.15, 0.2) is 0 Å². The largest absolute Gasteiger partial charge is 0.477 e. The first-order chi connectivity index (χ1) is 9.08. The lowest BCUT2D eigenvalue weighted by molar-refractivity contribution is 0.0693. The molecule has 19 heavy (non-hydrogen) atoms. The number of carboxylic acid groups (broad SMARTS) is 1. The summed E-state index contributed by atoms with van der Waals surface area (Å²) in [5.41, 5.74) is -1.83. The number of nitrogens with one attached hydrogen (secondary N) is 1. The van der Waals surface area contributed by atoms with Gasteiger partial charge in [-0.05, 0) is 0 Å². The Hall–Kier alpha value is -1.54. The molecule has 2 heterocycles. The fraction of sp³-hybridized carbons (Fsp3) is 0.545. The van der Waals surface area contributed by atoms with Crippen LogP contribution in [0.25, 0.3) is 0 Å². The average Bonchev–Trinajstić information content (AvgIpc) is 2.38. The summed E-state index contributed by atoms with van der Waals surface area (Å²) in [4.78, 5) is 37.9. The summed E-state index contributed by atoms with van der Waals surface area (Å²) in [5, 5.41) is 8.85. The van der Waals surface area contributed by atoms with Crippen molar-refractivity contribution in [1.29, 1.82) is 0 Å². The van der Waals surface area contributed by atoms with Crippen LogP contribution in [0.4, 0.5) is 0 Å². The van der Waals surface area contributed by atoms with Crippen molar-refractivity contribution < 1.29 is 9.90 Å². The molecule has 1 saturated heterocycles. The van der Waals surface area contributed by atoms with Gasteiger partial charge in [-0.3, -0.25) is 19.2 Å². The molecule has 2 N–H and O–H groups in total. The van der Waals surface area contributed by atoms with E-state index in [2.05, 4.69) is 4.90 Å². The second-order valence-electron chi connectivity index (χ2n) is 4.25. The minimum atomic E-state index is -1.33. The first-order valence-corrected chi connectivity index (χ1v) is 7.10. The Labute approximate surface area is 113 Å². The summed E-state index contributed by atoms with van der Waals surface area (Å²) in [6.45, 7) is 2.98. The van der Waals surface area contributed by atoms with Crippen LogP contribution in [0.5, 0.6) is 0 Å². The molecule has 0 unspecified atom stereocenters. The van der Waals surface area contributed by atoms with Crippen LogP contribution in [0.3, 0.4) is 0 Å². The molecule has 8 heteroatoms. The summed E-state index contributed by atoms with van der Waals surface area (Å²) < 4.78 is 1.24. The third-order valence-corrected chi connectivity index (χ3v) is 3.94. The third kappa shape index (κ3) is 3.48. The van der Waals surface area contributed by atoms with Gasteiger partial charge in [0.1, 0.15) is 5.56 Å². The SMILES string of the molecule is O=C(O)c1cn(CCN2CCSCC2)c(=O)[nH]c1=O.